The molecule has 0 aromatic heterocycles. The Kier molecular flexibility index (Phi) is 23.3. The van der Waals surface area contributed by atoms with Crippen LogP contribution in [0.3, 0.4) is 0 Å². The largest absolute Gasteiger partial charge is 0.494 e. The predicted molar refractivity (Wildman–Crippen MR) is 209 cm³/mol. The van der Waals surface area contributed by atoms with E-state index in [0.717, 1.165) is 86.5 Å². The van der Waals surface area contributed by atoms with E-state index in [9.17, 15) is 14.4 Å². The molecule has 0 aliphatic carbocycles. The molecular weight excluding hydrogens is 639 g/mol. The van der Waals surface area contributed by atoms with Gasteiger partial charge in [-0.25, -0.2) is 0 Å². The van der Waals surface area contributed by atoms with Crippen molar-refractivity contribution >= 4 is 26.3 Å². The average Bonchev–Trinajstić information content (AvgIpc) is 3.66. The van der Waals surface area contributed by atoms with Gasteiger partial charge in [0.2, 0.25) is 0 Å². The molecule has 0 spiro atoms. The van der Waals surface area contributed by atoms with Gasteiger partial charge in [0.1, 0.15) is 17.8 Å². The predicted octanol–water partition coefficient (Wildman–Crippen LogP) is 7.89. The molecule has 3 radical (unpaired) electrons. The second-order valence-electron chi connectivity index (χ2n) is 14.5. The number of ketones is 2. The van der Waals surface area contributed by atoms with Crippen LogP contribution < -0.4 is 9.47 Å². The zero-order valence-electron chi connectivity index (χ0n) is 31.4. The number of piperidine rings is 2. The van der Waals surface area contributed by atoms with Gasteiger partial charge in [0.25, 0.3) is 0 Å². The molecule has 8 nitrogen and oxygen atoms in total. The lowest BCUT2D eigenvalue weighted by Crippen LogP contribution is -2.39. The molecule has 3 heterocycles. The van der Waals surface area contributed by atoms with Gasteiger partial charge in [-0.05, 0) is 118 Å². The summed E-state index contributed by atoms with van der Waals surface area (Å²) in [5, 5.41) is 0. The molecule has 3 saturated heterocycles. The maximum atomic E-state index is 11.6. The van der Waals surface area contributed by atoms with Gasteiger partial charge in [0, 0.05) is 72.0 Å². The first kappa shape index (κ1) is 46.0. The van der Waals surface area contributed by atoms with Crippen LogP contribution in [-0.4, -0.2) is 102 Å². The normalized spacial score (nSPS) is 21.7. The molecule has 283 valence electrons. The standard InChI is InChI=1S/C19H27NO3.C18H27NO2.C4H8O.CH4.B/c1-15-12-16(2)14-20(13-15)9-3-11-23-18-6-4-17(5-7-18)19(22)8-10-21;1-14-11-15(2)13-19(12-14)9-4-10-21-18-7-5-17(6-8-18)16(3)20;1-2-4-5-3-1;;/h4-7,10,15-16H,3,8-9,11-14H2,1-2H3;5-8,14-15H,4,9-13H2,1-3H3;1-4H2;1H4;/t15-,16-;14-,15-;;;/m11.../s1. The minimum absolute atomic E-state index is 0. The molecule has 51 heavy (non-hydrogen) atoms. The molecule has 5 rings (SSSR count). The van der Waals surface area contributed by atoms with E-state index < -0.39 is 0 Å². The van der Waals surface area contributed by atoms with E-state index in [0.29, 0.717) is 18.5 Å². The van der Waals surface area contributed by atoms with Gasteiger partial charge in [0.15, 0.2) is 11.6 Å². The first-order valence-corrected chi connectivity index (χ1v) is 18.6. The summed E-state index contributed by atoms with van der Waals surface area (Å²) in [5.74, 6) is 4.76. The van der Waals surface area contributed by atoms with Gasteiger partial charge in [-0.2, -0.15) is 0 Å². The summed E-state index contributed by atoms with van der Waals surface area (Å²) in [6.07, 6.45) is 7.87. The number of Topliss-reactive ketones (excluding diaryl/α,β-unsaturated/α-hetero) is 2. The third kappa shape index (κ3) is 18.9. The molecule has 0 saturated carbocycles. The molecule has 0 unspecified atom stereocenters. The maximum absolute atomic E-state index is 11.6. The van der Waals surface area contributed by atoms with Crippen LogP contribution in [-0.2, 0) is 9.53 Å². The summed E-state index contributed by atoms with van der Waals surface area (Å²) in [6.45, 7) is 21.3. The molecule has 3 fully saturated rings. The highest BCUT2D eigenvalue weighted by Crippen LogP contribution is 2.22. The van der Waals surface area contributed by atoms with Crippen molar-refractivity contribution in [3.05, 3.63) is 59.7 Å². The van der Waals surface area contributed by atoms with Crippen molar-refractivity contribution in [2.75, 3.05) is 65.7 Å². The third-order valence-corrected chi connectivity index (χ3v) is 9.20. The van der Waals surface area contributed by atoms with Crippen LogP contribution in [0.25, 0.3) is 0 Å². The lowest BCUT2D eigenvalue weighted by Gasteiger charge is -2.34. The Morgan fingerprint density at radius 1 is 0.706 bits per heavy atom. The Hall–Kier alpha value is -3.01. The lowest BCUT2D eigenvalue weighted by atomic mass is 9.92. The molecule has 4 atom stereocenters. The minimum atomic E-state index is -0.153. The highest BCUT2D eigenvalue weighted by atomic mass is 16.5. The Morgan fingerprint density at radius 2 is 1.10 bits per heavy atom. The summed E-state index contributed by atoms with van der Waals surface area (Å²) in [7, 11) is 0. The quantitative estimate of drug-likeness (QED) is 0.0645. The Balaban J connectivity index is 0.000000433. The van der Waals surface area contributed by atoms with Crippen molar-refractivity contribution in [3.8, 4) is 11.5 Å². The lowest BCUT2D eigenvalue weighted by molar-refractivity contribution is -0.107. The molecule has 0 N–H and O–H groups in total. The average molecular weight is 706 g/mol. The van der Waals surface area contributed by atoms with Crippen LogP contribution >= 0.6 is 0 Å². The topological polar surface area (TPSA) is 85.4 Å². The number of carbonyl (C=O) groups is 3. The fourth-order valence-corrected chi connectivity index (χ4v) is 7.13. The highest BCUT2D eigenvalue weighted by Gasteiger charge is 2.22. The molecule has 2 aromatic carbocycles. The molecule has 3 aliphatic rings. The van der Waals surface area contributed by atoms with Crippen molar-refractivity contribution in [2.24, 2.45) is 23.7 Å². The summed E-state index contributed by atoms with van der Waals surface area (Å²) in [6, 6.07) is 14.4. The smallest absolute Gasteiger partial charge is 0.169 e. The summed E-state index contributed by atoms with van der Waals surface area (Å²) in [4.78, 5) is 38.2. The zero-order chi connectivity index (χ0) is 35.4. The van der Waals surface area contributed by atoms with E-state index >= 15 is 0 Å². The Morgan fingerprint density at radius 3 is 1.43 bits per heavy atom. The number of benzene rings is 2. The van der Waals surface area contributed by atoms with Gasteiger partial charge in [-0.15, -0.1) is 0 Å². The number of hydrogen-bond acceptors (Lipinski definition) is 8. The summed E-state index contributed by atoms with van der Waals surface area (Å²) < 4.78 is 16.4. The number of hydrogen-bond donors (Lipinski definition) is 0. The van der Waals surface area contributed by atoms with Gasteiger partial charge >= 0.3 is 0 Å². The molecule has 3 aliphatic heterocycles. The maximum Gasteiger partial charge on any atom is 0.169 e. The number of carbonyl (C=O) groups excluding carboxylic acids is 3. The van der Waals surface area contributed by atoms with E-state index in [1.54, 1.807) is 31.2 Å². The molecule has 0 bridgehead atoms. The Bertz CT molecular complexity index is 1210. The van der Waals surface area contributed by atoms with E-state index in [1.807, 2.05) is 24.3 Å². The minimum Gasteiger partial charge on any atom is -0.494 e. The van der Waals surface area contributed by atoms with Gasteiger partial charge in [-0.1, -0.05) is 35.1 Å². The highest BCUT2D eigenvalue weighted by molar-refractivity contribution is 6.02. The second-order valence-corrected chi connectivity index (χ2v) is 14.5. The zero-order valence-corrected chi connectivity index (χ0v) is 31.4. The molecule has 9 heteroatoms. The molecular formula is C42H66BN2O6. The summed E-state index contributed by atoms with van der Waals surface area (Å²) >= 11 is 0. The number of rotatable bonds is 14. The number of likely N-dealkylation sites (tertiary alicyclic amines) is 2. The van der Waals surface area contributed by atoms with Crippen molar-refractivity contribution in [2.45, 2.75) is 87.0 Å². The third-order valence-electron chi connectivity index (χ3n) is 9.20. The Labute approximate surface area is 311 Å². The monoisotopic (exact) mass is 706 g/mol. The van der Waals surface area contributed by atoms with Crippen molar-refractivity contribution in [1.29, 1.82) is 0 Å². The number of nitrogens with zero attached hydrogens (tertiary/aromatic N) is 2. The van der Waals surface area contributed by atoms with Crippen LogP contribution in [0.1, 0.15) is 108 Å². The summed E-state index contributed by atoms with van der Waals surface area (Å²) in [5.41, 5.74) is 1.29. The van der Waals surface area contributed by atoms with Crippen LogP contribution in [0.5, 0.6) is 11.5 Å². The fraction of sp³-hybridized carbons (Fsp3) is 0.643. The van der Waals surface area contributed by atoms with Crippen LogP contribution in [0.15, 0.2) is 48.5 Å². The van der Waals surface area contributed by atoms with E-state index in [4.69, 9.17) is 14.2 Å². The van der Waals surface area contributed by atoms with E-state index in [-0.39, 0.29) is 33.8 Å². The second kappa shape index (κ2) is 25.9. The van der Waals surface area contributed by atoms with Gasteiger partial charge < -0.3 is 28.8 Å². The van der Waals surface area contributed by atoms with Crippen molar-refractivity contribution in [3.63, 3.8) is 0 Å². The number of ether oxygens (including phenoxy) is 3. The first-order chi connectivity index (χ1) is 23.6. The molecule has 0 amide bonds. The van der Waals surface area contributed by atoms with Gasteiger partial charge in [0.05, 0.1) is 19.6 Å². The van der Waals surface area contributed by atoms with Crippen LogP contribution in [0.2, 0.25) is 0 Å². The van der Waals surface area contributed by atoms with E-state index in [1.165, 1.54) is 51.9 Å². The van der Waals surface area contributed by atoms with Crippen molar-refractivity contribution in [1.82, 2.24) is 9.80 Å². The SMILES string of the molecule is C.C1CCOC1.CC(=O)c1ccc(OCCCN2C[C@H](C)C[C@@H](C)C2)cc1.C[C@@H]1C[C@@H](C)CN(CCCOc2ccc(C(=O)CC=O)cc2)C1.[B]. The van der Waals surface area contributed by atoms with E-state index in [2.05, 4.69) is 37.5 Å². The molecule has 2 aromatic rings. The van der Waals surface area contributed by atoms with Crippen LogP contribution in [0.4, 0.5) is 0 Å². The van der Waals surface area contributed by atoms with Crippen molar-refractivity contribution < 1.29 is 28.6 Å². The van der Waals surface area contributed by atoms with Gasteiger partial charge in [-0.3, -0.25) is 9.59 Å². The first-order valence-electron chi connectivity index (χ1n) is 18.6. The fourth-order valence-electron chi connectivity index (χ4n) is 7.13. The number of aldehydes is 1. The van der Waals surface area contributed by atoms with Crippen LogP contribution in [0, 0.1) is 23.7 Å².